The maximum atomic E-state index is 3.58. The topological polar surface area (TPSA) is 20.7 Å². The number of hydrogen-bond donors (Lipinski definition) is 1. The molecular weight excluding hydrogens is 348 g/mol. The third kappa shape index (κ3) is 1.93. The number of nitrogens with zero attached hydrogens (tertiary/aromatic N) is 1. The van der Waals surface area contributed by atoms with Gasteiger partial charge in [-0.25, -0.2) is 0 Å². The first-order valence-corrected chi connectivity index (χ1v) is 8.36. The van der Waals surface area contributed by atoms with Gasteiger partial charge in [0.05, 0.1) is 5.52 Å². The molecule has 5 rings (SSSR count). The molecule has 0 fully saturated rings. The molecule has 23 heavy (non-hydrogen) atoms. The molecule has 0 bridgehead atoms. The molecule has 0 saturated carbocycles. The van der Waals surface area contributed by atoms with Crippen molar-refractivity contribution >= 4 is 48.6 Å². The highest BCUT2D eigenvalue weighted by Gasteiger charge is 2.09. The number of rotatable bonds is 1. The SMILES string of the molecule is Brc1ccc2[nH]c3cc4ccn(-c5ccccc5)c4cc3c2c1. The molecule has 0 saturated heterocycles. The fourth-order valence-electron chi connectivity index (χ4n) is 3.32. The predicted octanol–water partition coefficient (Wildman–Crippen LogP) is 6.03. The molecule has 0 radical (unpaired) electrons. The predicted molar refractivity (Wildman–Crippen MR) is 100 cm³/mol. The van der Waals surface area contributed by atoms with Crippen LogP contribution in [0.25, 0.3) is 38.4 Å². The van der Waals surface area contributed by atoms with E-state index in [0.717, 1.165) is 4.47 Å². The molecule has 5 aromatic rings. The smallest absolute Gasteiger partial charge is 0.0536 e. The van der Waals surface area contributed by atoms with E-state index in [1.54, 1.807) is 0 Å². The van der Waals surface area contributed by atoms with Crippen LogP contribution in [-0.4, -0.2) is 9.55 Å². The Hall–Kier alpha value is -2.52. The third-order valence-electron chi connectivity index (χ3n) is 4.41. The molecule has 2 nitrogen and oxygen atoms in total. The van der Waals surface area contributed by atoms with Crippen molar-refractivity contribution in [1.82, 2.24) is 9.55 Å². The van der Waals surface area contributed by atoms with Crippen molar-refractivity contribution < 1.29 is 0 Å². The molecule has 0 aliphatic heterocycles. The Bertz CT molecular complexity index is 1170. The van der Waals surface area contributed by atoms with Crippen molar-refractivity contribution in [3.63, 3.8) is 0 Å². The zero-order valence-corrected chi connectivity index (χ0v) is 13.8. The molecule has 2 heterocycles. The lowest BCUT2D eigenvalue weighted by Crippen LogP contribution is -1.90. The van der Waals surface area contributed by atoms with Gasteiger partial charge in [-0.1, -0.05) is 34.1 Å². The van der Waals surface area contributed by atoms with Crippen molar-refractivity contribution in [3.05, 3.63) is 77.4 Å². The third-order valence-corrected chi connectivity index (χ3v) is 4.90. The fourth-order valence-corrected chi connectivity index (χ4v) is 3.68. The highest BCUT2D eigenvalue weighted by molar-refractivity contribution is 9.10. The van der Waals surface area contributed by atoms with E-state index in [2.05, 4.69) is 92.3 Å². The Morgan fingerprint density at radius 3 is 2.48 bits per heavy atom. The lowest BCUT2D eigenvalue weighted by atomic mass is 10.1. The number of benzene rings is 3. The lowest BCUT2D eigenvalue weighted by Gasteiger charge is -2.05. The molecule has 2 aromatic heterocycles. The number of aromatic nitrogens is 2. The van der Waals surface area contributed by atoms with E-state index in [1.807, 2.05) is 6.07 Å². The average molecular weight is 361 g/mol. The van der Waals surface area contributed by atoms with Crippen molar-refractivity contribution in [2.45, 2.75) is 0 Å². The molecule has 0 spiro atoms. The normalized spacial score (nSPS) is 11.7. The van der Waals surface area contributed by atoms with E-state index in [9.17, 15) is 0 Å². The Morgan fingerprint density at radius 1 is 0.783 bits per heavy atom. The van der Waals surface area contributed by atoms with Crippen molar-refractivity contribution in [3.8, 4) is 5.69 Å². The van der Waals surface area contributed by atoms with Gasteiger partial charge in [-0.3, -0.25) is 0 Å². The number of nitrogens with one attached hydrogen (secondary N) is 1. The second-order valence-corrected chi connectivity index (χ2v) is 6.71. The van der Waals surface area contributed by atoms with Gasteiger partial charge in [-0.2, -0.15) is 0 Å². The van der Waals surface area contributed by atoms with Crippen LogP contribution in [0.15, 0.2) is 77.4 Å². The van der Waals surface area contributed by atoms with Gasteiger partial charge in [0, 0.05) is 43.5 Å². The first-order valence-electron chi connectivity index (χ1n) is 7.57. The maximum Gasteiger partial charge on any atom is 0.0536 e. The van der Waals surface area contributed by atoms with Crippen LogP contribution in [0.5, 0.6) is 0 Å². The summed E-state index contributed by atoms with van der Waals surface area (Å²) in [5.41, 5.74) is 4.76. The molecule has 1 N–H and O–H groups in total. The van der Waals surface area contributed by atoms with Crippen LogP contribution in [0.1, 0.15) is 0 Å². The summed E-state index contributed by atoms with van der Waals surface area (Å²) >= 11 is 3.58. The summed E-state index contributed by atoms with van der Waals surface area (Å²) in [5, 5.41) is 3.74. The zero-order chi connectivity index (χ0) is 15.4. The van der Waals surface area contributed by atoms with E-state index >= 15 is 0 Å². The van der Waals surface area contributed by atoms with Gasteiger partial charge in [0.15, 0.2) is 0 Å². The molecule has 0 amide bonds. The molecule has 0 aliphatic rings. The minimum Gasteiger partial charge on any atom is -0.354 e. The summed E-state index contributed by atoms with van der Waals surface area (Å²) in [7, 11) is 0. The second-order valence-electron chi connectivity index (χ2n) is 5.79. The summed E-state index contributed by atoms with van der Waals surface area (Å²) in [5.74, 6) is 0. The number of hydrogen-bond acceptors (Lipinski definition) is 0. The molecule has 110 valence electrons. The van der Waals surface area contributed by atoms with Crippen molar-refractivity contribution in [2.24, 2.45) is 0 Å². The van der Waals surface area contributed by atoms with Gasteiger partial charge in [0.1, 0.15) is 0 Å². The van der Waals surface area contributed by atoms with E-state index < -0.39 is 0 Å². The second kappa shape index (κ2) is 4.74. The summed E-state index contributed by atoms with van der Waals surface area (Å²) in [6.45, 7) is 0. The van der Waals surface area contributed by atoms with E-state index in [0.29, 0.717) is 0 Å². The monoisotopic (exact) mass is 360 g/mol. The van der Waals surface area contributed by atoms with Crippen LogP contribution in [0.4, 0.5) is 0 Å². The molecule has 3 heteroatoms. The van der Waals surface area contributed by atoms with Crippen LogP contribution in [-0.2, 0) is 0 Å². The lowest BCUT2D eigenvalue weighted by molar-refractivity contribution is 1.13. The number of para-hydroxylation sites is 1. The highest BCUT2D eigenvalue weighted by Crippen LogP contribution is 2.32. The van der Waals surface area contributed by atoms with Gasteiger partial charge in [0.25, 0.3) is 0 Å². The molecular formula is C20H13BrN2. The molecule has 0 atom stereocenters. The Balaban J connectivity index is 1.88. The quantitative estimate of drug-likeness (QED) is 0.376. The van der Waals surface area contributed by atoms with Crippen molar-refractivity contribution in [1.29, 1.82) is 0 Å². The highest BCUT2D eigenvalue weighted by atomic mass is 79.9. The van der Waals surface area contributed by atoms with E-state index in [1.165, 1.54) is 38.4 Å². The molecule has 3 aromatic carbocycles. The van der Waals surface area contributed by atoms with E-state index in [-0.39, 0.29) is 0 Å². The van der Waals surface area contributed by atoms with Crippen LogP contribution in [0.3, 0.4) is 0 Å². The molecule has 0 unspecified atom stereocenters. The maximum absolute atomic E-state index is 3.58. The summed E-state index contributed by atoms with van der Waals surface area (Å²) in [4.78, 5) is 3.52. The Kier molecular flexibility index (Phi) is 2.67. The van der Waals surface area contributed by atoms with Gasteiger partial charge in [-0.15, -0.1) is 0 Å². The van der Waals surface area contributed by atoms with Gasteiger partial charge in [-0.05, 0) is 48.5 Å². The summed E-state index contributed by atoms with van der Waals surface area (Å²) in [6, 6.07) is 23.5. The standard InChI is InChI=1S/C20H13BrN2/c21-14-6-7-18-16(11-14)17-12-20-13(10-19(17)22-18)8-9-23(20)15-4-2-1-3-5-15/h1-12,22H. The number of fused-ring (bicyclic) bond motifs is 4. The van der Waals surface area contributed by atoms with Crippen LogP contribution in [0, 0.1) is 0 Å². The zero-order valence-electron chi connectivity index (χ0n) is 12.3. The van der Waals surface area contributed by atoms with Gasteiger partial charge >= 0.3 is 0 Å². The number of aromatic amines is 1. The van der Waals surface area contributed by atoms with Crippen LogP contribution in [0.2, 0.25) is 0 Å². The van der Waals surface area contributed by atoms with Crippen molar-refractivity contribution in [2.75, 3.05) is 0 Å². The molecule has 0 aliphatic carbocycles. The Labute approximate surface area is 141 Å². The first kappa shape index (κ1) is 13.0. The van der Waals surface area contributed by atoms with Crippen LogP contribution < -0.4 is 0 Å². The minimum absolute atomic E-state index is 1.10. The average Bonchev–Trinajstić information content (AvgIpc) is 3.14. The van der Waals surface area contributed by atoms with Gasteiger partial charge < -0.3 is 9.55 Å². The Morgan fingerprint density at radius 2 is 1.61 bits per heavy atom. The van der Waals surface area contributed by atoms with Crippen LogP contribution >= 0.6 is 15.9 Å². The largest absolute Gasteiger partial charge is 0.354 e. The van der Waals surface area contributed by atoms with E-state index in [4.69, 9.17) is 0 Å². The summed E-state index contributed by atoms with van der Waals surface area (Å²) < 4.78 is 3.34. The summed E-state index contributed by atoms with van der Waals surface area (Å²) in [6.07, 6.45) is 2.14. The minimum atomic E-state index is 1.10. The van der Waals surface area contributed by atoms with Gasteiger partial charge in [0.2, 0.25) is 0 Å². The number of halogens is 1. The first-order chi connectivity index (χ1) is 11.3. The fraction of sp³-hybridized carbons (Fsp3) is 0. The number of H-pyrrole nitrogens is 1.